The van der Waals surface area contributed by atoms with Gasteiger partial charge in [0.05, 0.1) is 0 Å². The molecule has 3 heteroatoms. The second-order valence-corrected chi connectivity index (χ2v) is 1.13. The number of hydrogen-bond donors (Lipinski definition) is 1. The highest BCUT2D eigenvalue weighted by Crippen LogP contribution is 1.76. The Hall–Kier alpha value is 0.470. The molecule has 0 aromatic carbocycles. The summed E-state index contributed by atoms with van der Waals surface area (Å²) in [6.07, 6.45) is 1.82. The highest BCUT2D eigenvalue weighted by atomic mass is 79.9. The van der Waals surface area contributed by atoms with Crippen molar-refractivity contribution in [1.29, 1.82) is 0 Å². The molecule has 0 aliphatic carbocycles. The molecule has 1 nitrogen and oxygen atoms in total. The van der Waals surface area contributed by atoms with Gasteiger partial charge in [-0.2, -0.15) is 0 Å². The Balaban J connectivity index is 0. The minimum Gasteiger partial charge on any atom is -0.327 e. The molecule has 0 bridgehead atoms. The summed E-state index contributed by atoms with van der Waals surface area (Å²) >= 11 is 3.05. The molecule has 0 radical (unpaired) electrons. The lowest BCUT2D eigenvalue weighted by Crippen LogP contribution is -1.90. The number of halogens is 2. The topological polar surface area (TPSA) is 26.0 Å². The van der Waals surface area contributed by atoms with Crippen molar-refractivity contribution in [2.75, 3.05) is 6.54 Å². The molecule has 6 heavy (non-hydrogen) atoms. The van der Waals surface area contributed by atoms with E-state index in [2.05, 4.69) is 15.9 Å². The summed E-state index contributed by atoms with van der Waals surface area (Å²) in [4.78, 5) is 1.74. The predicted octanol–water partition coefficient (Wildman–Crippen LogP) is 1.28. The van der Waals surface area contributed by atoms with Crippen molar-refractivity contribution in [3.8, 4) is 0 Å². The zero-order chi connectivity index (χ0) is 4.12. The molecule has 0 spiro atoms. The quantitative estimate of drug-likeness (QED) is 0.633. The van der Waals surface area contributed by atoms with Crippen molar-refractivity contribution in [3.63, 3.8) is 0 Å². The van der Waals surface area contributed by atoms with Crippen molar-refractivity contribution >= 4 is 28.3 Å². The largest absolute Gasteiger partial charge is 0.327 e. The SMILES string of the molecule is Cl.NC/C=C\Br. The Morgan fingerprint density at radius 1 is 1.67 bits per heavy atom. The molecule has 0 rings (SSSR count). The van der Waals surface area contributed by atoms with Crippen LogP contribution in [0.3, 0.4) is 0 Å². The molecule has 0 amide bonds. The van der Waals surface area contributed by atoms with E-state index in [9.17, 15) is 0 Å². The maximum Gasteiger partial charge on any atom is 0.0115 e. The first-order valence-electron chi connectivity index (χ1n) is 1.37. The minimum absolute atomic E-state index is 0. The van der Waals surface area contributed by atoms with Gasteiger partial charge in [0.25, 0.3) is 0 Å². The van der Waals surface area contributed by atoms with Gasteiger partial charge in [0, 0.05) is 6.54 Å². The summed E-state index contributed by atoms with van der Waals surface area (Å²) in [5, 5.41) is 0. The van der Waals surface area contributed by atoms with Gasteiger partial charge < -0.3 is 5.73 Å². The lowest BCUT2D eigenvalue weighted by atomic mass is 10.7. The first-order chi connectivity index (χ1) is 2.41. The van der Waals surface area contributed by atoms with E-state index in [-0.39, 0.29) is 12.4 Å². The van der Waals surface area contributed by atoms with E-state index >= 15 is 0 Å². The van der Waals surface area contributed by atoms with Crippen LogP contribution in [0.15, 0.2) is 11.1 Å². The fourth-order valence-electron chi connectivity index (χ4n) is 0.0514. The number of rotatable bonds is 1. The fraction of sp³-hybridized carbons (Fsp3) is 0.333. The van der Waals surface area contributed by atoms with Crippen LogP contribution in [-0.2, 0) is 0 Å². The zero-order valence-corrected chi connectivity index (χ0v) is 5.63. The summed E-state index contributed by atoms with van der Waals surface area (Å²) in [6.45, 7) is 0.616. The highest BCUT2D eigenvalue weighted by molar-refractivity contribution is 9.11. The van der Waals surface area contributed by atoms with E-state index in [0.29, 0.717) is 6.54 Å². The van der Waals surface area contributed by atoms with Crippen LogP contribution < -0.4 is 5.73 Å². The summed E-state index contributed by atoms with van der Waals surface area (Å²) < 4.78 is 0. The molecule has 0 aromatic heterocycles. The monoisotopic (exact) mass is 171 g/mol. The Morgan fingerprint density at radius 3 is 2.17 bits per heavy atom. The van der Waals surface area contributed by atoms with Crippen molar-refractivity contribution < 1.29 is 0 Å². The number of nitrogens with two attached hydrogens (primary N) is 1. The molecule has 38 valence electrons. The molecular weight excluding hydrogens is 165 g/mol. The van der Waals surface area contributed by atoms with E-state index < -0.39 is 0 Å². The molecular formula is C3H7BrClN. The molecule has 0 fully saturated rings. The van der Waals surface area contributed by atoms with Crippen molar-refractivity contribution in [1.82, 2.24) is 0 Å². The van der Waals surface area contributed by atoms with E-state index in [1.165, 1.54) is 0 Å². The van der Waals surface area contributed by atoms with Crippen molar-refractivity contribution in [3.05, 3.63) is 11.1 Å². The molecule has 0 saturated heterocycles. The van der Waals surface area contributed by atoms with Crippen LogP contribution in [0.4, 0.5) is 0 Å². The van der Waals surface area contributed by atoms with E-state index in [0.717, 1.165) is 0 Å². The second kappa shape index (κ2) is 9.08. The van der Waals surface area contributed by atoms with Gasteiger partial charge in [-0.1, -0.05) is 22.0 Å². The van der Waals surface area contributed by atoms with Crippen LogP contribution >= 0.6 is 28.3 Å². The Bertz CT molecular complexity index is 37.8. The maximum absolute atomic E-state index is 5.02. The van der Waals surface area contributed by atoms with Crippen LogP contribution in [0.5, 0.6) is 0 Å². The number of hydrogen-bond acceptors (Lipinski definition) is 1. The van der Waals surface area contributed by atoms with E-state index in [1.807, 2.05) is 6.08 Å². The van der Waals surface area contributed by atoms with Crippen LogP contribution in [0.25, 0.3) is 0 Å². The first kappa shape index (κ1) is 9.69. The molecule has 2 N–H and O–H groups in total. The standard InChI is InChI=1S/C3H6BrN.ClH/c4-2-1-3-5;/h1-2H,3,5H2;1H/b2-1-;. The van der Waals surface area contributed by atoms with Gasteiger partial charge in [-0.3, -0.25) is 0 Å². The highest BCUT2D eigenvalue weighted by Gasteiger charge is 1.52. The third-order valence-corrected chi connectivity index (χ3v) is 0.599. The predicted molar refractivity (Wildman–Crippen MR) is 34.4 cm³/mol. The molecule has 0 saturated carbocycles. The normalized spacial score (nSPS) is 8.33. The Morgan fingerprint density at radius 2 is 2.17 bits per heavy atom. The van der Waals surface area contributed by atoms with Crippen LogP contribution in [0, 0.1) is 0 Å². The summed E-state index contributed by atoms with van der Waals surface area (Å²) in [5.74, 6) is 0. The smallest absolute Gasteiger partial charge is 0.0115 e. The van der Waals surface area contributed by atoms with Gasteiger partial charge in [0.15, 0.2) is 0 Å². The maximum atomic E-state index is 5.02. The zero-order valence-electron chi connectivity index (χ0n) is 3.23. The van der Waals surface area contributed by atoms with Gasteiger partial charge in [-0.15, -0.1) is 12.4 Å². The van der Waals surface area contributed by atoms with Gasteiger partial charge >= 0.3 is 0 Å². The Labute approximate surface area is 52.1 Å². The third-order valence-electron chi connectivity index (χ3n) is 0.225. The van der Waals surface area contributed by atoms with E-state index in [1.54, 1.807) is 4.99 Å². The van der Waals surface area contributed by atoms with Crippen LogP contribution in [0.1, 0.15) is 0 Å². The van der Waals surface area contributed by atoms with Gasteiger partial charge in [-0.05, 0) is 4.99 Å². The van der Waals surface area contributed by atoms with Crippen LogP contribution in [0.2, 0.25) is 0 Å². The molecule has 0 aliphatic heterocycles. The van der Waals surface area contributed by atoms with Crippen LogP contribution in [-0.4, -0.2) is 6.54 Å². The third kappa shape index (κ3) is 8.82. The lowest BCUT2D eigenvalue weighted by Gasteiger charge is -1.65. The molecule has 0 atom stereocenters. The average molecular weight is 172 g/mol. The average Bonchev–Trinajstić information content (AvgIpc) is 1.41. The molecule has 0 aliphatic rings. The minimum atomic E-state index is 0. The summed E-state index contributed by atoms with van der Waals surface area (Å²) in [7, 11) is 0. The second-order valence-electron chi connectivity index (χ2n) is 0.597. The van der Waals surface area contributed by atoms with Gasteiger partial charge in [0.1, 0.15) is 0 Å². The molecule has 0 unspecified atom stereocenters. The first-order valence-corrected chi connectivity index (χ1v) is 2.28. The lowest BCUT2D eigenvalue weighted by molar-refractivity contribution is 1.26. The summed E-state index contributed by atoms with van der Waals surface area (Å²) in [6, 6.07) is 0. The van der Waals surface area contributed by atoms with Gasteiger partial charge in [0.2, 0.25) is 0 Å². The van der Waals surface area contributed by atoms with Gasteiger partial charge in [-0.25, -0.2) is 0 Å². The van der Waals surface area contributed by atoms with E-state index in [4.69, 9.17) is 5.73 Å². The summed E-state index contributed by atoms with van der Waals surface area (Å²) in [5.41, 5.74) is 5.02. The molecule has 0 aromatic rings. The Kier molecular flexibility index (Phi) is 14.7. The fourth-order valence-corrected chi connectivity index (χ4v) is 0.267. The van der Waals surface area contributed by atoms with Crippen molar-refractivity contribution in [2.24, 2.45) is 5.73 Å². The van der Waals surface area contributed by atoms with Crippen molar-refractivity contribution in [2.45, 2.75) is 0 Å². The molecule has 0 heterocycles.